The van der Waals surface area contributed by atoms with Gasteiger partial charge < -0.3 is 10.0 Å². The lowest BCUT2D eigenvalue weighted by Crippen LogP contribution is -2.49. The third-order valence-corrected chi connectivity index (χ3v) is 3.88. The zero-order chi connectivity index (χ0) is 11.1. The Hall–Kier alpha value is -0.710. The van der Waals surface area contributed by atoms with E-state index in [1.807, 2.05) is 27.7 Å². The average molecular weight is 217 g/mol. The summed E-state index contributed by atoms with van der Waals surface area (Å²) in [7, 11) is 0. The Balaban J connectivity index is 3.12. The Kier molecular flexibility index (Phi) is 2.56. The fourth-order valence-electron chi connectivity index (χ4n) is 2.00. The molecule has 0 saturated carbocycles. The first-order valence-electron chi connectivity index (χ1n) is 4.39. The molecule has 1 fully saturated rings. The zero-order valence-electron chi connectivity index (χ0n) is 8.77. The Bertz CT molecular complexity index is 275. The molecule has 1 heterocycles. The van der Waals surface area contributed by atoms with E-state index in [1.165, 1.54) is 16.7 Å². The van der Waals surface area contributed by atoms with Crippen molar-refractivity contribution in [2.45, 2.75) is 43.4 Å². The van der Waals surface area contributed by atoms with Crippen LogP contribution in [-0.4, -0.2) is 38.0 Å². The Morgan fingerprint density at radius 3 is 2.21 bits per heavy atom. The van der Waals surface area contributed by atoms with Crippen molar-refractivity contribution in [1.29, 1.82) is 0 Å². The Morgan fingerprint density at radius 2 is 1.93 bits per heavy atom. The van der Waals surface area contributed by atoms with Crippen LogP contribution in [-0.2, 0) is 9.59 Å². The van der Waals surface area contributed by atoms with Crippen molar-refractivity contribution in [3.8, 4) is 0 Å². The number of rotatable bonds is 2. The van der Waals surface area contributed by atoms with Gasteiger partial charge in [0.15, 0.2) is 0 Å². The lowest BCUT2D eigenvalue weighted by molar-refractivity contribution is -0.148. The fraction of sp³-hybridized carbons (Fsp3) is 0.778. The Morgan fingerprint density at radius 1 is 1.43 bits per heavy atom. The first-order valence-corrected chi connectivity index (χ1v) is 5.21. The SMILES string of the molecule is CC1(C)SC(C)(C)N(C=O)[C@@H]1C(=O)O. The van der Waals surface area contributed by atoms with Crippen LogP contribution in [0.3, 0.4) is 0 Å². The molecule has 0 aromatic rings. The van der Waals surface area contributed by atoms with E-state index < -0.39 is 21.6 Å². The number of hydrogen-bond acceptors (Lipinski definition) is 3. The third-order valence-electron chi connectivity index (χ3n) is 2.42. The van der Waals surface area contributed by atoms with Crippen LogP contribution >= 0.6 is 11.8 Å². The molecule has 1 saturated heterocycles. The minimum Gasteiger partial charge on any atom is -0.480 e. The predicted octanol–water partition coefficient (Wildman–Crippen LogP) is 1.16. The van der Waals surface area contributed by atoms with Crippen LogP contribution in [0.4, 0.5) is 0 Å². The van der Waals surface area contributed by atoms with Crippen LogP contribution < -0.4 is 0 Å². The molecule has 1 atom stereocenters. The van der Waals surface area contributed by atoms with E-state index >= 15 is 0 Å². The second-order valence-electron chi connectivity index (χ2n) is 4.41. The summed E-state index contributed by atoms with van der Waals surface area (Å²) in [6, 6.07) is -0.750. The van der Waals surface area contributed by atoms with Gasteiger partial charge in [-0.3, -0.25) is 4.79 Å². The van der Waals surface area contributed by atoms with Gasteiger partial charge in [0.1, 0.15) is 6.04 Å². The van der Waals surface area contributed by atoms with E-state index in [0.29, 0.717) is 6.41 Å². The lowest BCUT2D eigenvalue weighted by Gasteiger charge is -2.29. The highest BCUT2D eigenvalue weighted by atomic mass is 32.2. The number of thioether (sulfide) groups is 1. The predicted molar refractivity (Wildman–Crippen MR) is 55.1 cm³/mol. The highest BCUT2D eigenvalue weighted by molar-refractivity contribution is 8.02. The Labute approximate surface area is 87.7 Å². The van der Waals surface area contributed by atoms with E-state index in [9.17, 15) is 9.59 Å². The summed E-state index contributed by atoms with van der Waals surface area (Å²) < 4.78 is -0.448. The summed E-state index contributed by atoms with van der Waals surface area (Å²) >= 11 is 1.51. The molecule has 5 heteroatoms. The van der Waals surface area contributed by atoms with Crippen molar-refractivity contribution >= 4 is 24.1 Å². The molecule has 0 aromatic carbocycles. The number of aliphatic carboxylic acids is 1. The first-order chi connectivity index (χ1) is 6.22. The van der Waals surface area contributed by atoms with Crippen molar-refractivity contribution in [3.05, 3.63) is 0 Å². The summed E-state index contributed by atoms with van der Waals surface area (Å²) in [5.74, 6) is -0.944. The highest BCUT2D eigenvalue weighted by Crippen LogP contribution is 2.49. The number of nitrogens with zero attached hydrogens (tertiary/aromatic N) is 1. The second kappa shape index (κ2) is 3.15. The maximum atomic E-state index is 11.1. The molecular formula is C9H15NO3S. The summed E-state index contributed by atoms with van der Waals surface area (Å²) in [6.45, 7) is 7.41. The van der Waals surface area contributed by atoms with Crippen LogP contribution in [0, 0.1) is 0 Å². The van der Waals surface area contributed by atoms with Crippen molar-refractivity contribution in [1.82, 2.24) is 4.90 Å². The number of carboxylic acid groups (broad SMARTS) is 1. The normalized spacial score (nSPS) is 28.9. The van der Waals surface area contributed by atoms with Gasteiger partial charge in [0.2, 0.25) is 6.41 Å². The molecule has 0 aliphatic carbocycles. The van der Waals surface area contributed by atoms with Crippen LogP contribution in [0.1, 0.15) is 27.7 Å². The minimum absolute atomic E-state index is 0.448. The number of hydrogen-bond donors (Lipinski definition) is 1. The summed E-state index contributed by atoms with van der Waals surface area (Å²) in [5, 5.41) is 9.07. The monoisotopic (exact) mass is 217 g/mol. The minimum atomic E-state index is -0.944. The molecule has 0 aromatic heterocycles. The topological polar surface area (TPSA) is 57.6 Å². The van der Waals surface area contributed by atoms with Crippen molar-refractivity contribution < 1.29 is 14.7 Å². The molecule has 1 N–H and O–H groups in total. The molecular weight excluding hydrogens is 202 g/mol. The highest BCUT2D eigenvalue weighted by Gasteiger charge is 2.54. The van der Waals surface area contributed by atoms with Gasteiger partial charge in [-0.2, -0.15) is 0 Å². The standard InChI is InChI=1S/C9H15NO3S/c1-8(2)6(7(12)13)10(5-11)9(3,4)14-8/h5-6H,1-4H3,(H,12,13)/t6-/m1/s1. The van der Waals surface area contributed by atoms with Crippen molar-refractivity contribution in [3.63, 3.8) is 0 Å². The van der Waals surface area contributed by atoms with Gasteiger partial charge in [-0.15, -0.1) is 11.8 Å². The molecule has 0 spiro atoms. The van der Waals surface area contributed by atoms with Gasteiger partial charge in [0.05, 0.1) is 4.87 Å². The lowest BCUT2D eigenvalue weighted by atomic mass is 10.0. The van der Waals surface area contributed by atoms with E-state index in [4.69, 9.17) is 5.11 Å². The van der Waals surface area contributed by atoms with Gasteiger partial charge in [-0.25, -0.2) is 4.79 Å². The van der Waals surface area contributed by atoms with Crippen molar-refractivity contribution in [2.24, 2.45) is 0 Å². The molecule has 1 amide bonds. The molecule has 0 bridgehead atoms. The third kappa shape index (κ3) is 1.61. The van der Waals surface area contributed by atoms with Gasteiger partial charge in [0.25, 0.3) is 0 Å². The van der Waals surface area contributed by atoms with Gasteiger partial charge >= 0.3 is 5.97 Å². The number of carbonyl (C=O) groups excluding carboxylic acids is 1. The molecule has 0 unspecified atom stereocenters. The molecule has 80 valence electrons. The smallest absolute Gasteiger partial charge is 0.327 e. The van der Waals surface area contributed by atoms with E-state index in [-0.39, 0.29) is 0 Å². The number of carbonyl (C=O) groups is 2. The number of carboxylic acids is 1. The van der Waals surface area contributed by atoms with Crippen LogP contribution in [0.5, 0.6) is 0 Å². The van der Waals surface area contributed by atoms with Crippen LogP contribution in [0.25, 0.3) is 0 Å². The maximum Gasteiger partial charge on any atom is 0.327 e. The van der Waals surface area contributed by atoms with Gasteiger partial charge in [0, 0.05) is 4.75 Å². The van der Waals surface area contributed by atoms with E-state index in [1.54, 1.807) is 0 Å². The maximum absolute atomic E-state index is 11.1. The van der Waals surface area contributed by atoms with Crippen molar-refractivity contribution in [2.75, 3.05) is 0 Å². The van der Waals surface area contributed by atoms with Crippen LogP contribution in [0.2, 0.25) is 0 Å². The zero-order valence-corrected chi connectivity index (χ0v) is 9.59. The van der Waals surface area contributed by atoms with Gasteiger partial charge in [-0.1, -0.05) is 0 Å². The average Bonchev–Trinajstić information content (AvgIpc) is 2.13. The molecule has 1 aliphatic rings. The largest absolute Gasteiger partial charge is 0.480 e. The summed E-state index contributed by atoms with van der Waals surface area (Å²) in [5.41, 5.74) is 0. The quantitative estimate of drug-likeness (QED) is 0.705. The molecule has 1 aliphatic heterocycles. The molecule has 0 radical (unpaired) electrons. The molecule has 1 rings (SSSR count). The molecule has 14 heavy (non-hydrogen) atoms. The summed E-state index contributed by atoms with van der Waals surface area (Å²) in [6.07, 6.45) is 0.626. The van der Waals surface area contributed by atoms with Gasteiger partial charge in [-0.05, 0) is 27.7 Å². The van der Waals surface area contributed by atoms with E-state index in [0.717, 1.165) is 0 Å². The second-order valence-corrected chi connectivity index (χ2v) is 6.66. The summed E-state index contributed by atoms with van der Waals surface area (Å²) in [4.78, 5) is 22.9. The number of amides is 1. The fourth-order valence-corrected chi connectivity index (χ4v) is 3.87. The molecule has 4 nitrogen and oxygen atoms in total. The first kappa shape index (κ1) is 11.4. The van der Waals surface area contributed by atoms with Crippen LogP contribution in [0.15, 0.2) is 0 Å². The van der Waals surface area contributed by atoms with E-state index in [2.05, 4.69) is 0 Å².